The Morgan fingerprint density at radius 3 is 2.82 bits per heavy atom. The van der Waals surface area contributed by atoms with E-state index in [-0.39, 0.29) is 5.91 Å². The van der Waals surface area contributed by atoms with E-state index in [1.165, 1.54) is 6.20 Å². The number of hydrogen-bond donors (Lipinski definition) is 1. The second kappa shape index (κ2) is 7.47. The van der Waals surface area contributed by atoms with Crippen LogP contribution in [0.25, 0.3) is 17.3 Å². The molecule has 4 heterocycles. The van der Waals surface area contributed by atoms with E-state index in [0.717, 1.165) is 5.56 Å². The van der Waals surface area contributed by atoms with Crippen molar-refractivity contribution in [1.82, 2.24) is 30.2 Å². The van der Waals surface area contributed by atoms with Gasteiger partial charge in [0.25, 0.3) is 11.8 Å². The summed E-state index contributed by atoms with van der Waals surface area (Å²) < 4.78 is 12.0. The van der Waals surface area contributed by atoms with Crippen LogP contribution in [-0.4, -0.2) is 30.8 Å². The van der Waals surface area contributed by atoms with Gasteiger partial charge in [0.05, 0.1) is 35.8 Å². The summed E-state index contributed by atoms with van der Waals surface area (Å²) in [6.45, 7) is 4.09. The lowest BCUT2D eigenvalue weighted by atomic mass is 10.2. The molecule has 0 fully saturated rings. The van der Waals surface area contributed by atoms with Crippen LogP contribution in [0.2, 0.25) is 0 Å². The third kappa shape index (κ3) is 3.41. The van der Waals surface area contributed by atoms with Gasteiger partial charge in [-0.2, -0.15) is 10.1 Å². The predicted molar refractivity (Wildman–Crippen MR) is 98.6 cm³/mol. The Morgan fingerprint density at radius 2 is 2.14 bits per heavy atom. The monoisotopic (exact) mass is 378 g/mol. The van der Waals surface area contributed by atoms with Gasteiger partial charge in [-0.15, -0.1) is 0 Å². The molecule has 142 valence electrons. The Bertz CT molecular complexity index is 1080. The maximum atomic E-state index is 12.4. The first-order valence-electron chi connectivity index (χ1n) is 8.80. The van der Waals surface area contributed by atoms with Crippen LogP contribution in [0.3, 0.4) is 0 Å². The lowest BCUT2D eigenvalue weighted by Gasteiger charge is -2.05. The molecule has 0 aliphatic carbocycles. The summed E-state index contributed by atoms with van der Waals surface area (Å²) in [5.74, 6) is 2.11. The molecule has 0 atom stereocenters. The molecule has 4 rings (SSSR count). The van der Waals surface area contributed by atoms with Crippen molar-refractivity contribution < 1.29 is 13.7 Å². The van der Waals surface area contributed by atoms with Gasteiger partial charge in [-0.3, -0.25) is 4.79 Å². The van der Waals surface area contributed by atoms with Crippen LogP contribution >= 0.6 is 0 Å². The Morgan fingerprint density at radius 1 is 1.25 bits per heavy atom. The van der Waals surface area contributed by atoms with Crippen molar-refractivity contribution in [2.45, 2.75) is 26.8 Å². The number of carbonyl (C=O) groups excluding carboxylic acids is 1. The minimum Gasteiger partial charge on any atom is -0.467 e. The standard InChI is InChI=1S/C19H18N6O3/c1-3-16-23-19(28-24-16)13-6-7-17(20-9-13)25-12(2)15(11-22-25)18(26)21-10-14-5-4-8-27-14/h4-9,11H,3,10H2,1-2H3,(H,21,26). The molecule has 0 radical (unpaired) electrons. The van der Waals surface area contributed by atoms with Crippen LogP contribution in [0.5, 0.6) is 0 Å². The minimum atomic E-state index is -0.227. The average molecular weight is 378 g/mol. The van der Waals surface area contributed by atoms with E-state index in [9.17, 15) is 4.79 Å². The van der Waals surface area contributed by atoms with E-state index in [2.05, 4.69) is 25.5 Å². The molecule has 9 nitrogen and oxygen atoms in total. The van der Waals surface area contributed by atoms with E-state index in [4.69, 9.17) is 8.94 Å². The predicted octanol–water partition coefficient (Wildman–Crippen LogP) is 2.71. The second-order valence-electron chi connectivity index (χ2n) is 6.09. The van der Waals surface area contributed by atoms with Crippen molar-refractivity contribution in [3.8, 4) is 17.3 Å². The summed E-state index contributed by atoms with van der Waals surface area (Å²) in [7, 11) is 0. The molecule has 1 amide bonds. The van der Waals surface area contributed by atoms with Gasteiger partial charge >= 0.3 is 0 Å². The highest BCUT2D eigenvalue weighted by molar-refractivity contribution is 5.95. The van der Waals surface area contributed by atoms with Crippen LogP contribution in [0.1, 0.15) is 34.6 Å². The van der Waals surface area contributed by atoms with Gasteiger partial charge in [-0.25, -0.2) is 9.67 Å². The first-order chi connectivity index (χ1) is 13.7. The van der Waals surface area contributed by atoms with Crippen molar-refractivity contribution in [3.05, 3.63) is 65.8 Å². The smallest absolute Gasteiger partial charge is 0.259 e. The van der Waals surface area contributed by atoms with Gasteiger partial charge in [0.2, 0.25) is 0 Å². The van der Waals surface area contributed by atoms with Gasteiger partial charge in [0.1, 0.15) is 5.76 Å². The van der Waals surface area contributed by atoms with Crippen molar-refractivity contribution in [1.29, 1.82) is 0 Å². The molecule has 28 heavy (non-hydrogen) atoms. The third-order valence-corrected chi connectivity index (χ3v) is 4.25. The highest BCUT2D eigenvalue weighted by atomic mass is 16.5. The molecule has 0 bridgehead atoms. The third-order valence-electron chi connectivity index (χ3n) is 4.25. The number of furan rings is 1. The fourth-order valence-electron chi connectivity index (χ4n) is 2.69. The highest BCUT2D eigenvalue weighted by Gasteiger charge is 2.16. The van der Waals surface area contributed by atoms with Crippen LogP contribution in [0, 0.1) is 6.92 Å². The zero-order chi connectivity index (χ0) is 19.5. The van der Waals surface area contributed by atoms with Gasteiger partial charge in [0.15, 0.2) is 11.6 Å². The number of nitrogens with zero attached hydrogens (tertiary/aromatic N) is 5. The van der Waals surface area contributed by atoms with E-state index < -0.39 is 0 Å². The number of pyridine rings is 1. The number of hydrogen-bond acceptors (Lipinski definition) is 7. The molecular weight excluding hydrogens is 360 g/mol. The van der Waals surface area contributed by atoms with E-state index in [1.54, 1.807) is 35.3 Å². The van der Waals surface area contributed by atoms with Crippen LogP contribution in [0.4, 0.5) is 0 Å². The number of amides is 1. The summed E-state index contributed by atoms with van der Waals surface area (Å²) in [5.41, 5.74) is 1.88. The van der Waals surface area contributed by atoms with Crippen LogP contribution in [0.15, 0.2) is 51.9 Å². The molecule has 0 saturated heterocycles. The molecule has 4 aromatic rings. The fourth-order valence-corrected chi connectivity index (χ4v) is 2.69. The topological polar surface area (TPSA) is 112 Å². The van der Waals surface area contributed by atoms with E-state index in [0.29, 0.717) is 47.5 Å². The summed E-state index contributed by atoms with van der Waals surface area (Å²) >= 11 is 0. The highest BCUT2D eigenvalue weighted by Crippen LogP contribution is 2.19. The fraction of sp³-hybridized carbons (Fsp3) is 0.211. The Hall–Kier alpha value is -3.75. The van der Waals surface area contributed by atoms with E-state index in [1.807, 2.05) is 19.9 Å². The second-order valence-corrected chi connectivity index (χ2v) is 6.09. The molecule has 0 saturated carbocycles. The van der Waals surface area contributed by atoms with Crippen LogP contribution < -0.4 is 5.32 Å². The lowest BCUT2D eigenvalue weighted by Crippen LogP contribution is -2.23. The van der Waals surface area contributed by atoms with Gasteiger partial charge in [0, 0.05) is 12.6 Å². The largest absolute Gasteiger partial charge is 0.467 e. The molecule has 1 N–H and O–H groups in total. The van der Waals surface area contributed by atoms with Crippen LogP contribution in [-0.2, 0) is 13.0 Å². The first-order valence-corrected chi connectivity index (χ1v) is 8.80. The molecule has 0 aliphatic rings. The molecule has 4 aromatic heterocycles. The van der Waals surface area contributed by atoms with E-state index >= 15 is 0 Å². The molecule has 0 spiro atoms. The quantitative estimate of drug-likeness (QED) is 0.549. The van der Waals surface area contributed by atoms with Crippen molar-refractivity contribution in [3.63, 3.8) is 0 Å². The maximum Gasteiger partial charge on any atom is 0.259 e. The van der Waals surface area contributed by atoms with Gasteiger partial charge < -0.3 is 14.3 Å². The van der Waals surface area contributed by atoms with Crippen molar-refractivity contribution in [2.75, 3.05) is 0 Å². The number of aromatic nitrogens is 5. The number of nitrogens with one attached hydrogen (secondary N) is 1. The number of aryl methyl sites for hydroxylation is 1. The van der Waals surface area contributed by atoms with Crippen molar-refractivity contribution in [2.24, 2.45) is 0 Å². The summed E-state index contributed by atoms with van der Waals surface area (Å²) in [6, 6.07) is 7.19. The Balaban J connectivity index is 1.51. The summed E-state index contributed by atoms with van der Waals surface area (Å²) in [6.07, 6.45) is 5.43. The lowest BCUT2D eigenvalue weighted by molar-refractivity contribution is 0.0947. The van der Waals surface area contributed by atoms with Gasteiger partial charge in [-0.1, -0.05) is 12.1 Å². The molecule has 0 aliphatic heterocycles. The first kappa shape index (κ1) is 17.7. The molecular formula is C19H18N6O3. The number of rotatable bonds is 6. The Kier molecular flexibility index (Phi) is 4.71. The maximum absolute atomic E-state index is 12.4. The van der Waals surface area contributed by atoms with Gasteiger partial charge in [-0.05, 0) is 31.2 Å². The normalized spacial score (nSPS) is 10.9. The molecule has 0 unspecified atom stereocenters. The molecule has 0 aromatic carbocycles. The average Bonchev–Trinajstić information content (AvgIpc) is 3.47. The zero-order valence-electron chi connectivity index (χ0n) is 15.4. The van der Waals surface area contributed by atoms with Crippen molar-refractivity contribution >= 4 is 5.91 Å². The number of carbonyl (C=O) groups is 1. The SMILES string of the molecule is CCc1noc(-c2ccc(-n3ncc(C(=O)NCc4ccco4)c3C)nc2)n1. The zero-order valence-corrected chi connectivity index (χ0v) is 15.4. The summed E-state index contributed by atoms with van der Waals surface area (Å²) in [5, 5.41) is 11.0. The summed E-state index contributed by atoms with van der Waals surface area (Å²) in [4.78, 5) is 21.1. The molecule has 9 heteroatoms. The minimum absolute atomic E-state index is 0.227. The Labute approximate surface area is 160 Å².